The van der Waals surface area contributed by atoms with Crippen molar-refractivity contribution in [3.05, 3.63) is 36.7 Å². The van der Waals surface area contributed by atoms with E-state index in [1.807, 2.05) is 47.1 Å². The van der Waals surface area contributed by atoms with E-state index in [-0.39, 0.29) is 6.03 Å². The second-order valence-corrected chi connectivity index (χ2v) is 7.92. The lowest BCUT2D eigenvalue weighted by molar-refractivity contribution is 0.130. The fourth-order valence-corrected chi connectivity index (χ4v) is 4.73. The SMILES string of the molecule is O=C(Nc1cccc2cnccc12)N1CCC(N2CCSCC2)CC1. The summed E-state index contributed by atoms with van der Waals surface area (Å²) >= 11 is 2.05. The molecule has 2 fully saturated rings. The molecule has 4 rings (SSSR count). The highest BCUT2D eigenvalue weighted by Gasteiger charge is 2.27. The van der Waals surface area contributed by atoms with Crippen LogP contribution in [0.25, 0.3) is 10.8 Å². The number of hydrogen-bond acceptors (Lipinski definition) is 4. The van der Waals surface area contributed by atoms with Crippen molar-refractivity contribution in [1.29, 1.82) is 0 Å². The Morgan fingerprint density at radius 2 is 1.92 bits per heavy atom. The molecule has 25 heavy (non-hydrogen) atoms. The Balaban J connectivity index is 1.37. The maximum Gasteiger partial charge on any atom is 0.321 e. The third-order valence-corrected chi connectivity index (χ3v) is 6.18. The number of rotatable bonds is 2. The van der Waals surface area contributed by atoms with Crippen LogP contribution >= 0.6 is 11.8 Å². The number of nitrogens with zero attached hydrogens (tertiary/aromatic N) is 3. The lowest BCUT2D eigenvalue weighted by atomic mass is 10.0. The first-order chi connectivity index (χ1) is 12.3. The van der Waals surface area contributed by atoms with Crippen molar-refractivity contribution in [3.8, 4) is 0 Å². The summed E-state index contributed by atoms with van der Waals surface area (Å²) in [5, 5.41) is 5.17. The fraction of sp³-hybridized carbons (Fsp3) is 0.474. The van der Waals surface area contributed by atoms with Crippen LogP contribution < -0.4 is 5.32 Å². The molecule has 5 nitrogen and oxygen atoms in total. The van der Waals surface area contributed by atoms with Crippen LogP contribution in [0.3, 0.4) is 0 Å². The Kier molecular flexibility index (Phi) is 5.08. The van der Waals surface area contributed by atoms with E-state index in [9.17, 15) is 4.79 Å². The standard InChI is InChI=1S/C19H24N4OS/c24-19(21-18-3-1-2-15-14-20-7-4-17(15)18)23-8-5-16(6-9-23)22-10-12-25-13-11-22/h1-4,7,14,16H,5-6,8-13H2,(H,21,24). The van der Waals surface area contributed by atoms with Crippen LogP contribution in [0.5, 0.6) is 0 Å². The predicted molar refractivity (Wildman–Crippen MR) is 104 cm³/mol. The zero-order valence-corrected chi connectivity index (χ0v) is 15.2. The van der Waals surface area contributed by atoms with Crippen LogP contribution in [0.1, 0.15) is 12.8 Å². The summed E-state index contributed by atoms with van der Waals surface area (Å²) in [5.41, 5.74) is 0.861. The average molecular weight is 356 g/mol. The summed E-state index contributed by atoms with van der Waals surface area (Å²) in [6.07, 6.45) is 5.75. The smallest absolute Gasteiger partial charge is 0.321 e. The minimum absolute atomic E-state index is 0.0111. The molecule has 1 N–H and O–H groups in total. The Morgan fingerprint density at radius 3 is 2.72 bits per heavy atom. The molecule has 0 spiro atoms. The van der Waals surface area contributed by atoms with E-state index in [4.69, 9.17) is 0 Å². The molecule has 0 aliphatic carbocycles. The van der Waals surface area contributed by atoms with Crippen molar-refractivity contribution < 1.29 is 4.79 Å². The number of urea groups is 1. The largest absolute Gasteiger partial charge is 0.324 e. The minimum atomic E-state index is 0.0111. The molecule has 6 heteroatoms. The van der Waals surface area contributed by atoms with Crippen LogP contribution in [0.4, 0.5) is 10.5 Å². The summed E-state index contributed by atoms with van der Waals surface area (Å²) in [6.45, 7) is 4.08. The van der Waals surface area contributed by atoms with Gasteiger partial charge in [-0.05, 0) is 25.0 Å². The maximum absolute atomic E-state index is 12.7. The van der Waals surface area contributed by atoms with Crippen LogP contribution in [0.2, 0.25) is 0 Å². The molecule has 1 aromatic carbocycles. The van der Waals surface area contributed by atoms with Gasteiger partial charge in [-0.25, -0.2) is 4.79 Å². The van der Waals surface area contributed by atoms with Crippen LogP contribution in [-0.4, -0.2) is 64.5 Å². The van der Waals surface area contributed by atoms with E-state index in [0.717, 1.165) is 42.4 Å². The Morgan fingerprint density at radius 1 is 1.12 bits per heavy atom. The van der Waals surface area contributed by atoms with E-state index in [0.29, 0.717) is 6.04 Å². The minimum Gasteiger partial charge on any atom is -0.324 e. The van der Waals surface area contributed by atoms with Crippen molar-refractivity contribution in [2.75, 3.05) is 43.0 Å². The molecule has 2 aliphatic rings. The fourth-order valence-electron chi connectivity index (χ4n) is 3.80. The molecule has 2 saturated heterocycles. The van der Waals surface area contributed by atoms with Gasteiger partial charge in [0.2, 0.25) is 0 Å². The average Bonchev–Trinajstić information content (AvgIpc) is 2.69. The van der Waals surface area contributed by atoms with Gasteiger partial charge in [0.05, 0.1) is 5.69 Å². The first kappa shape index (κ1) is 16.7. The highest BCUT2D eigenvalue weighted by Crippen LogP contribution is 2.24. The Bertz CT molecular complexity index is 734. The number of hydrogen-bond donors (Lipinski definition) is 1. The number of piperidine rings is 1. The third-order valence-electron chi connectivity index (χ3n) is 5.24. The zero-order chi connectivity index (χ0) is 17.1. The molecule has 132 valence electrons. The topological polar surface area (TPSA) is 48.5 Å². The van der Waals surface area contributed by atoms with E-state index in [2.05, 4.69) is 15.2 Å². The van der Waals surface area contributed by atoms with E-state index in [1.54, 1.807) is 6.20 Å². The number of anilines is 1. The number of nitrogens with one attached hydrogen (secondary N) is 1. The molecule has 2 amide bonds. The summed E-state index contributed by atoms with van der Waals surface area (Å²) in [5.74, 6) is 2.49. The van der Waals surface area contributed by atoms with Gasteiger partial charge in [-0.15, -0.1) is 0 Å². The van der Waals surface area contributed by atoms with Gasteiger partial charge in [0.15, 0.2) is 0 Å². The summed E-state index contributed by atoms with van der Waals surface area (Å²) in [7, 11) is 0. The lowest BCUT2D eigenvalue weighted by Gasteiger charge is -2.40. The zero-order valence-electron chi connectivity index (χ0n) is 14.4. The van der Waals surface area contributed by atoms with Crippen molar-refractivity contribution in [3.63, 3.8) is 0 Å². The monoisotopic (exact) mass is 356 g/mol. The number of fused-ring (bicyclic) bond motifs is 1. The molecule has 0 atom stereocenters. The number of likely N-dealkylation sites (tertiary alicyclic amines) is 1. The van der Waals surface area contributed by atoms with Crippen molar-refractivity contribution in [2.45, 2.75) is 18.9 Å². The predicted octanol–water partition coefficient (Wildman–Crippen LogP) is 3.28. The van der Waals surface area contributed by atoms with Gasteiger partial charge in [-0.2, -0.15) is 11.8 Å². The molecule has 0 bridgehead atoms. The third kappa shape index (κ3) is 3.75. The maximum atomic E-state index is 12.7. The lowest BCUT2D eigenvalue weighted by Crippen LogP contribution is -2.49. The van der Waals surface area contributed by atoms with Gasteiger partial charge >= 0.3 is 6.03 Å². The quantitative estimate of drug-likeness (QED) is 0.897. The second kappa shape index (κ2) is 7.62. The van der Waals surface area contributed by atoms with E-state index in [1.165, 1.54) is 24.6 Å². The van der Waals surface area contributed by atoms with E-state index >= 15 is 0 Å². The normalized spacial score (nSPS) is 19.9. The molecule has 3 heterocycles. The summed E-state index contributed by atoms with van der Waals surface area (Å²) in [6, 6.07) is 8.54. The van der Waals surface area contributed by atoms with Gasteiger partial charge in [0.25, 0.3) is 0 Å². The Hall–Kier alpha value is -1.79. The molecule has 0 saturated carbocycles. The summed E-state index contributed by atoms with van der Waals surface area (Å²) < 4.78 is 0. The van der Waals surface area contributed by atoms with Crippen LogP contribution in [-0.2, 0) is 0 Å². The number of carbonyl (C=O) groups is 1. The first-order valence-corrected chi connectivity index (χ1v) is 10.2. The second-order valence-electron chi connectivity index (χ2n) is 6.70. The number of benzene rings is 1. The highest BCUT2D eigenvalue weighted by atomic mass is 32.2. The molecular weight excluding hydrogens is 332 g/mol. The van der Waals surface area contributed by atoms with Gasteiger partial charge < -0.3 is 10.2 Å². The summed E-state index contributed by atoms with van der Waals surface area (Å²) in [4.78, 5) is 21.4. The van der Waals surface area contributed by atoms with Gasteiger partial charge in [0.1, 0.15) is 0 Å². The van der Waals surface area contributed by atoms with Gasteiger partial charge in [-0.1, -0.05) is 12.1 Å². The molecule has 0 radical (unpaired) electrons. The molecule has 1 aromatic heterocycles. The van der Waals surface area contributed by atoms with Crippen molar-refractivity contribution in [2.24, 2.45) is 0 Å². The van der Waals surface area contributed by atoms with Crippen molar-refractivity contribution >= 4 is 34.3 Å². The number of pyridine rings is 1. The Labute approximate surface area is 152 Å². The molecule has 0 unspecified atom stereocenters. The highest BCUT2D eigenvalue weighted by molar-refractivity contribution is 7.99. The van der Waals surface area contributed by atoms with Crippen molar-refractivity contribution in [1.82, 2.24) is 14.8 Å². The molecular formula is C19H24N4OS. The van der Waals surface area contributed by atoms with Gasteiger partial charge in [-0.3, -0.25) is 9.88 Å². The number of amides is 2. The molecule has 2 aromatic rings. The van der Waals surface area contributed by atoms with E-state index < -0.39 is 0 Å². The number of thioether (sulfide) groups is 1. The number of carbonyl (C=O) groups excluding carboxylic acids is 1. The number of aromatic nitrogens is 1. The van der Waals surface area contributed by atoms with Gasteiger partial charge in [0, 0.05) is 66.9 Å². The first-order valence-electron chi connectivity index (χ1n) is 9.02. The van der Waals surface area contributed by atoms with Crippen LogP contribution in [0, 0.1) is 0 Å². The molecule has 2 aliphatic heterocycles. The van der Waals surface area contributed by atoms with Crippen LogP contribution in [0.15, 0.2) is 36.7 Å².